The maximum Gasteiger partial charge on any atom is 0.242 e. The van der Waals surface area contributed by atoms with E-state index in [1.807, 2.05) is 6.92 Å². The van der Waals surface area contributed by atoms with E-state index in [2.05, 4.69) is 20.7 Å². The van der Waals surface area contributed by atoms with Crippen molar-refractivity contribution in [3.05, 3.63) is 29.0 Å². The maximum atomic E-state index is 13.1. The van der Waals surface area contributed by atoms with Crippen molar-refractivity contribution in [2.75, 3.05) is 11.9 Å². The van der Waals surface area contributed by atoms with Crippen LogP contribution in [0, 0.1) is 11.7 Å². The van der Waals surface area contributed by atoms with Crippen molar-refractivity contribution in [3.63, 3.8) is 0 Å². The minimum atomic E-state index is -3.77. The van der Waals surface area contributed by atoms with E-state index < -0.39 is 15.8 Å². The zero-order valence-corrected chi connectivity index (χ0v) is 13.7. The van der Waals surface area contributed by atoms with E-state index >= 15 is 0 Å². The molecule has 1 aromatic carbocycles. The third-order valence-electron chi connectivity index (χ3n) is 2.84. The van der Waals surface area contributed by atoms with Crippen LogP contribution in [-0.4, -0.2) is 20.3 Å². The van der Waals surface area contributed by atoms with E-state index in [1.165, 1.54) is 6.07 Å². The SMILES string of the molecule is CCC(CCBr)CNS(=O)(=O)c1cc(F)ccc1Cl. The first kappa shape index (κ1) is 16.9. The van der Waals surface area contributed by atoms with E-state index in [0.717, 1.165) is 30.3 Å². The van der Waals surface area contributed by atoms with Gasteiger partial charge in [0.25, 0.3) is 0 Å². The first-order chi connectivity index (χ1) is 8.90. The fourth-order valence-corrected chi connectivity index (χ4v) is 3.87. The second-order valence-electron chi connectivity index (χ2n) is 4.18. The fraction of sp³-hybridized carbons (Fsp3) is 0.500. The predicted molar refractivity (Wildman–Crippen MR) is 78.8 cm³/mol. The van der Waals surface area contributed by atoms with Crippen molar-refractivity contribution in [1.82, 2.24) is 4.72 Å². The molecule has 0 aromatic heterocycles. The van der Waals surface area contributed by atoms with Crippen LogP contribution in [0.4, 0.5) is 4.39 Å². The minimum Gasteiger partial charge on any atom is -0.211 e. The van der Waals surface area contributed by atoms with Crippen molar-refractivity contribution < 1.29 is 12.8 Å². The molecule has 0 saturated carbocycles. The highest BCUT2D eigenvalue weighted by Crippen LogP contribution is 2.22. The van der Waals surface area contributed by atoms with Crippen molar-refractivity contribution >= 4 is 37.6 Å². The molecule has 0 spiro atoms. The molecular weight excluding hydrogens is 357 g/mol. The van der Waals surface area contributed by atoms with Crippen LogP contribution < -0.4 is 4.72 Å². The van der Waals surface area contributed by atoms with Gasteiger partial charge in [0.2, 0.25) is 10.0 Å². The zero-order valence-electron chi connectivity index (χ0n) is 10.5. The number of hydrogen-bond donors (Lipinski definition) is 1. The Kier molecular flexibility index (Phi) is 6.73. The highest BCUT2D eigenvalue weighted by molar-refractivity contribution is 9.09. The topological polar surface area (TPSA) is 46.2 Å². The molecule has 108 valence electrons. The quantitative estimate of drug-likeness (QED) is 0.744. The van der Waals surface area contributed by atoms with Crippen LogP contribution in [0.25, 0.3) is 0 Å². The molecule has 7 heteroatoms. The molecule has 0 saturated heterocycles. The van der Waals surface area contributed by atoms with Crippen LogP contribution in [0.5, 0.6) is 0 Å². The van der Waals surface area contributed by atoms with E-state index in [9.17, 15) is 12.8 Å². The molecule has 0 radical (unpaired) electrons. The van der Waals surface area contributed by atoms with Crippen LogP contribution in [0.15, 0.2) is 23.1 Å². The van der Waals surface area contributed by atoms with Crippen LogP contribution >= 0.6 is 27.5 Å². The summed E-state index contributed by atoms with van der Waals surface area (Å²) in [5.41, 5.74) is 0. The summed E-state index contributed by atoms with van der Waals surface area (Å²) in [6.45, 7) is 2.31. The Hall–Kier alpha value is -0.170. The molecule has 1 aromatic rings. The van der Waals surface area contributed by atoms with Crippen LogP contribution in [-0.2, 0) is 10.0 Å². The lowest BCUT2D eigenvalue weighted by molar-refractivity contribution is 0.483. The van der Waals surface area contributed by atoms with Crippen molar-refractivity contribution in [2.45, 2.75) is 24.7 Å². The van der Waals surface area contributed by atoms with Gasteiger partial charge >= 0.3 is 0 Å². The van der Waals surface area contributed by atoms with E-state index in [4.69, 9.17) is 11.6 Å². The summed E-state index contributed by atoms with van der Waals surface area (Å²) in [4.78, 5) is -0.220. The van der Waals surface area contributed by atoms with Gasteiger partial charge in [-0.05, 0) is 30.5 Å². The number of rotatable bonds is 7. The Labute approximate surface area is 126 Å². The normalized spacial score (nSPS) is 13.5. The number of hydrogen-bond acceptors (Lipinski definition) is 2. The molecule has 1 N–H and O–H groups in total. The van der Waals surface area contributed by atoms with Crippen LogP contribution in [0.1, 0.15) is 19.8 Å². The Morgan fingerprint density at radius 3 is 2.74 bits per heavy atom. The zero-order chi connectivity index (χ0) is 14.5. The molecule has 0 aliphatic carbocycles. The van der Waals surface area contributed by atoms with Gasteiger partial charge in [0.05, 0.1) is 5.02 Å². The fourth-order valence-electron chi connectivity index (χ4n) is 1.59. The van der Waals surface area contributed by atoms with E-state index in [-0.39, 0.29) is 15.8 Å². The molecule has 3 nitrogen and oxygen atoms in total. The largest absolute Gasteiger partial charge is 0.242 e. The molecule has 0 heterocycles. The van der Waals surface area contributed by atoms with Gasteiger partial charge < -0.3 is 0 Å². The molecule has 19 heavy (non-hydrogen) atoms. The molecule has 1 rings (SSSR count). The Morgan fingerprint density at radius 2 is 2.16 bits per heavy atom. The summed E-state index contributed by atoms with van der Waals surface area (Å²) in [5, 5.41) is 0.830. The highest BCUT2D eigenvalue weighted by atomic mass is 79.9. The number of alkyl halides is 1. The van der Waals surface area contributed by atoms with Crippen LogP contribution in [0.2, 0.25) is 5.02 Å². The highest BCUT2D eigenvalue weighted by Gasteiger charge is 2.19. The number of halogens is 3. The Bertz CT molecular complexity index is 524. The average Bonchev–Trinajstić information content (AvgIpc) is 2.37. The maximum absolute atomic E-state index is 13.1. The molecule has 0 bridgehead atoms. The van der Waals surface area contributed by atoms with Gasteiger partial charge in [-0.3, -0.25) is 0 Å². The minimum absolute atomic E-state index is 0.0161. The van der Waals surface area contributed by atoms with Gasteiger partial charge in [-0.2, -0.15) is 0 Å². The lowest BCUT2D eigenvalue weighted by Gasteiger charge is -2.15. The van der Waals surface area contributed by atoms with Gasteiger partial charge in [0, 0.05) is 11.9 Å². The van der Waals surface area contributed by atoms with Gasteiger partial charge in [-0.1, -0.05) is 40.9 Å². The van der Waals surface area contributed by atoms with E-state index in [0.29, 0.717) is 6.54 Å². The molecule has 0 fully saturated rings. The van der Waals surface area contributed by atoms with Crippen molar-refractivity contribution in [1.29, 1.82) is 0 Å². The average molecular weight is 373 g/mol. The lowest BCUT2D eigenvalue weighted by atomic mass is 10.0. The number of benzene rings is 1. The molecule has 0 amide bonds. The van der Waals surface area contributed by atoms with Gasteiger partial charge in [0.15, 0.2) is 0 Å². The smallest absolute Gasteiger partial charge is 0.211 e. The third kappa shape index (κ3) is 5.02. The first-order valence-electron chi connectivity index (χ1n) is 5.91. The van der Waals surface area contributed by atoms with Crippen molar-refractivity contribution in [2.24, 2.45) is 5.92 Å². The number of sulfonamides is 1. The standard InChI is InChI=1S/C12H16BrClFNO2S/c1-2-9(5-6-13)8-16-19(17,18)12-7-10(15)3-4-11(12)14/h3-4,7,9,16H,2,5-6,8H2,1H3. The molecular formula is C12H16BrClFNO2S. The van der Waals surface area contributed by atoms with Gasteiger partial charge in [-0.25, -0.2) is 17.5 Å². The summed E-state index contributed by atoms with van der Waals surface area (Å²) >= 11 is 9.13. The van der Waals surface area contributed by atoms with Crippen LogP contribution in [0.3, 0.4) is 0 Å². The number of nitrogens with one attached hydrogen (secondary N) is 1. The Balaban J connectivity index is 2.83. The first-order valence-corrected chi connectivity index (χ1v) is 8.89. The second kappa shape index (κ2) is 7.57. The summed E-state index contributed by atoms with van der Waals surface area (Å²) < 4.78 is 39.7. The van der Waals surface area contributed by atoms with Gasteiger partial charge in [-0.15, -0.1) is 0 Å². The molecule has 0 aliphatic heterocycles. The lowest BCUT2D eigenvalue weighted by Crippen LogP contribution is -2.29. The monoisotopic (exact) mass is 371 g/mol. The molecule has 1 atom stereocenters. The van der Waals surface area contributed by atoms with Gasteiger partial charge in [0.1, 0.15) is 10.7 Å². The summed E-state index contributed by atoms with van der Waals surface area (Å²) in [6, 6.07) is 3.29. The van der Waals surface area contributed by atoms with Crippen molar-refractivity contribution in [3.8, 4) is 0 Å². The summed E-state index contributed by atoms with van der Waals surface area (Å²) in [5.74, 6) is -0.390. The predicted octanol–water partition coefficient (Wildman–Crippen LogP) is 3.57. The summed E-state index contributed by atoms with van der Waals surface area (Å²) in [7, 11) is -3.77. The summed E-state index contributed by atoms with van der Waals surface area (Å²) in [6.07, 6.45) is 1.74. The molecule has 0 aliphatic rings. The van der Waals surface area contributed by atoms with E-state index in [1.54, 1.807) is 0 Å². The molecule has 1 unspecified atom stereocenters. The second-order valence-corrected chi connectivity index (χ2v) is 7.11. The Morgan fingerprint density at radius 1 is 1.47 bits per heavy atom. The third-order valence-corrected chi connectivity index (χ3v) is 5.20.